The van der Waals surface area contributed by atoms with Crippen molar-refractivity contribution in [3.63, 3.8) is 0 Å². The highest BCUT2D eigenvalue weighted by Gasteiger charge is 2.38. The Hall–Kier alpha value is -0.240. The van der Waals surface area contributed by atoms with Gasteiger partial charge in [-0.2, -0.15) is 5.48 Å². The van der Waals surface area contributed by atoms with Crippen LogP contribution in [0.5, 0.6) is 0 Å². The van der Waals surface area contributed by atoms with Gasteiger partial charge in [0.15, 0.2) is 0 Å². The summed E-state index contributed by atoms with van der Waals surface area (Å²) >= 11 is 0. The van der Waals surface area contributed by atoms with Crippen molar-refractivity contribution in [1.29, 1.82) is 0 Å². The van der Waals surface area contributed by atoms with Crippen molar-refractivity contribution in [2.45, 2.75) is 57.2 Å². The molecular weight excluding hydrogens is 226 g/mol. The van der Waals surface area contributed by atoms with E-state index < -0.39 is 24.6 Å². The third kappa shape index (κ3) is 4.87. The summed E-state index contributed by atoms with van der Waals surface area (Å²) in [5.74, 6) is 0. The second-order valence-electron chi connectivity index (χ2n) is 4.32. The molecule has 0 saturated carbocycles. The molecule has 6 heteroatoms. The molecule has 102 valence electrons. The monoisotopic (exact) mass is 249 g/mol. The summed E-state index contributed by atoms with van der Waals surface area (Å²) in [6.45, 7) is 2.44. The number of hydrogen-bond acceptors (Lipinski definition) is 6. The highest BCUT2D eigenvalue weighted by Crippen LogP contribution is 2.23. The molecule has 1 fully saturated rings. The molecule has 0 unspecified atom stereocenters. The van der Waals surface area contributed by atoms with Crippen molar-refractivity contribution in [2.75, 3.05) is 13.2 Å². The van der Waals surface area contributed by atoms with E-state index in [0.29, 0.717) is 6.54 Å². The molecule has 4 atom stereocenters. The van der Waals surface area contributed by atoms with E-state index in [4.69, 9.17) is 14.7 Å². The molecule has 0 bridgehead atoms. The lowest BCUT2D eigenvalue weighted by Gasteiger charge is -2.17. The molecule has 1 aliphatic heterocycles. The first-order valence-corrected chi connectivity index (χ1v) is 6.20. The molecule has 0 aromatic heterocycles. The van der Waals surface area contributed by atoms with Gasteiger partial charge >= 0.3 is 0 Å². The van der Waals surface area contributed by atoms with E-state index in [9.17, 15) is 10.2 Å². The standard InChI is InChI=1S/C11H23NO5/c1-2-3-4-5-12-17-11-8(14)6-10(16-11)9(15)7-13/h8-15H,2-7H2,1H3/t8-,9+,10+,11-/m1/s1. The third-order valence-corrected chi connectivity index (χ3v) is 2.79. The Morgan fingerprint density at radius 2 is 2.24 bits per heavy atom. The van der Waals surface area contributed by atoms with Crippen LogP contribution < -0.4 is 5.48 Å². The molecule has 1 rings (SSSR count). The molecule has 17 heavy (non-hydrogen) atoms. The number of rotatable bonds is 8. The Morgan fingerprint density at radius 3 is 2.88 bits per heavy atom. The average Bonchev–Trinajstić information content (AvgIpc) is 2.70. The third-order valence-electron chi connectivity index (χ3n) is 2.79. The van der Waals surface area contributed by atoms with Crippen LogP contribution in [0.4, 0.5) is 0 Å². The van der Waals surface area contributed by atoms with Crippen LogP contribution >= 0.6 is 0 Å². The van der Waals surface area contributed by atoms with Crippen LogP contribution in [0, 0.1) is 0 Å². The van der Waals surface area contributed by atoms with Crippen LogP contribution in [0.3, 0.4) is 0 Å². The van der Waals surface area contributed by atoms with Gasteiger partial charge in [0.05, 0.1) is 12.7 Å². The van der Waals surface area contributed by atoms with E-state index in [2.05, 4.69) is 12.4 Å². The minimum atomic E-state index is -0.974. The number of ether oxygens (including phenoxy) is 1. The smallest absolute Gasteiger partial charge is 0.203 e. The van der Waals surface area contributed by atoms with Crippen LogP contribution in [-0.4, -0.2) is 53.1 Å². The zero-order valence-corrected chi connectivity index (χ0v) is 10.2. The number of nitrogens with one attached hydrogen (secondary N) is 1. The van der Waals surface area contributed by atoms with Gasteiger partial charge in [0.25, 0.3) is 0 Å². The van der Waals surface area contributed by atoms with Gasteiger partial charge in [-0.1, -0.05) is 19.8 Å². The Labute approximate surface area is 101 Å². The molecule has 1 saturated heterocycles. The molecule has 0 spiro atoms. The van der Waals surface area contributed by atoms with Crippen LogP contribution in [0.25, 0.3) is 0 Å². The highest BCUT2D eigenvalue weighted by atomic mass is 16.8. The van der Waals surface area contributed by atoms with Gasteiger partial charge in [-0.05, 0) is 6.42 Å². The van der Waals surface area contributed by atoms with Crippen molar-refractivity contribution < 1.29 is 24.9 Å². The minimum absolute atomic E-state index is 0.267. The van der Waals surface area contributed by atoms with E-state index in [1.807, 2.05) is 0 Å². The Bertz CT molecular complexity index is 204. The second-order valence-corrected chi connectivity index (χ2v) is 4.32. The zero-order valence-electron chi connectivity index (χ0n) is 10.2. The molecule has 1 heterocycles. The normalized spacial score (nSPS) is 30.7. The predicted octanol–water partition coefficient (Wildman–Crippen LogP) is -0.473. The van der Waals surface area contributed by atoms with Crippen molar-refractivity contribution in [3.8, 4) is 0 Å². The lowest BCUT2D eigenvalue weighted by atomic mass is 10.1. The van der Waals surface area contributed by atoms with E-state index >= 15 is 0 Å². The van der Waals surface area contributed by atoms with Gasteiger partial charge in [0.1, 0.15) is 12.2 Å². The quantitative estimate of drug-likeness (QED) is 0.343. The number of hydroxylamine groups is 1. The fourth-order valence-electron chi connectivity index (χ4n) is 1.73. The topological polar surface area (TPSA) is 91.2 Å². The molecule has 4 N–H and O–H groups in total. The Balaban J connectivity index is 2.17. The van der Waals surface area contributed by atoms with Crippen molar-refractivity contribution >= 4 is 0 Å². The van der Waals surface area contributed by atoms with Crippen LogP contribution in [0.1, 0.15) is 32.6 Å². The fraction of sp³-hybridized carbons (Fsp3) is 1.00. The average molecular weight is 249 g/mol. The number of hydrogen-bond donors (Lipinski definition) is 4. The van der Waals surface area contributed by atoms with Gasteiger partial charge in [0.2, 0.25) is 6.29 Å². The number of aliphatic hydroxyl groups is 3. The summed E-state index contributed by atoms with van der Waals surface area (Å²) < 4.78 is 5.29. The summed E-state index contributed by atoms with van der Waals surface area (Å²) in [5, 5.41) is 27.8. The van der Waals surface area contributed by atoms with Crippen LogP contribution in [-0.2, 0) is 9.57 Å². The predicted molar refractivity (Wildman–Crippen MR) is 61.0 cm³/mol. The number of aliphatic hydroxyl groups excluding tert-OH is 3. The first-order valence-electron chi connectivity index (χ1n) is 6.20. The van der Waals surface area contributed by atoms with Crippen LogP contribution in [0.2, 0.25) is 0 Å². The summed E-state index contributed by atoms with van der Waals surface area (Å²) in [5.41, 5.74) is 2.74. The van der Waals surface area contributed by atoms with Gasteiger partial charge < -0.3 is 20.1 Å². The maximum atomic E-state index is 9.62. The lowest BCUT2D eigenvalue weighted by molar-refractivity contribution is -0.209. The van der Waals surface area contributed by atoms with Gasteiger partial charge in [-0.15, -0.1) is 0 Å². The summed E-state index contributed by atoms with van der Waals surface area (Å²) in [6, 6.07) is 0. The first-order chi connectivity index (χ1) is 8.19. The lowest BCUT2D eigenvalue weighted by Crippen LogP contribution is -2.33. The molecule has 0 aromatic rings. The van der Waals surface area contributed by atoms with Crippen molar-refractivity contribution in [3.05, 3.63) is 0 Å². The maximum absolute atomic E-state index is 9.62. The van der Waals surface area contributed by atoms with Crippen molar-refractivity contribution in [1.82, 2.24) is 5.48 Å². The molecule has 0 aromatic carbocycles. The van der Waals surface area contributed by atoms with E-state index in [0.717, 1.165) is 19.3 Å². The van der Waals surface area contributed by atoms with E-state index in [1.54, 1.807) is 0 Å². The largest absolute Gasteiger partial charge is 0.394 e. The summed E-state index contributed by atoms with van der Waals surface area (Å²) in [7, 11) is 0. The molecule has 0 amide bonds. The van der Waals surface area contributed by atoms with E-state index in [-0.39, 0.29) is 13.0 Å². The van der Waals surface area contributed by atoms with Crippen molar-refractivity contribution in [2.24, 2.45) is 0 Å². The molecule has 0 radical (unpaired) electrons. The summed E-state index contributed by atoms with van der Waals surface area (Å²) in [6.07, 6.45) is 0.426. The summed E-state index contributed by atoms with van der Waals surface area (Å²) in [4.78, 5) is 5.17. The Morgan fingerprint density at radius 1 is 1.47 bits per heavy atom. The minimum Gasteiger partial charge on any atom is -0.394 e. The zero-order chi connectivity index (χ0) is 12.7. The van der Waals surface area contributed by atoms with Gasteiger partial charge in [0, 0.05) is 13.0 Å². The maximum Gasteiger partial charge on any atom is 0.203 e. The van der Waals surface area contributed by atoms with Gasteiger partial charge in [-0.25, -0.2) is 0 Å². The fourth-order valence-corrected chi connectivity index (χ4v) is 1.73. The first kappa shape index (κ1) is 14.8. The Kier molecular flexibility index (Phi) is 6.94. The SMILES string of the molecule is CCCCCNO[C@H]1O[C@H]([C@@H](O)CO)C[C@H]1O. The van der Waals surface area contributed by atoms with E-state index in [1.165, 1.54) is 0 Å². The second kappa shape index (κ2) is 7.97. The molecule has 1 aliphatic rings. The number of unbranched alkanes of at least 4 members (excludes halogenated alkanes) is 2. The molecule has 0 aliphatic carbocycles. The molecule has 6 nitrogen and oxygen atoms in total. The molecular formula is C11H23NO5. The van der Waals surface area contributed by atoms with Gasteiger partial charge in [-0.3, -0.25) is 4.84 Å². The highest BCUT2D eigenvalue weighted by molar-refractivity contribution is 4.81. The van der Waals surface area contributed by atoms with Crippen LogP contribution in [0.15, 0.2) is 0 Å².